The summed E-state index contributed by atoms with van der Waals surface area (Å²) >= 11 is 1.58. The normalized spacial score (nSPS) is 16.7. The molecule has 1 aliphatic carbocycles. The maximum absolute atomic E-state index is 9.36. The van der Waals surface area contributed by atoms with Crippen LogP contribution in [0.4, 0.5) is 5.82 Å². The van der Waals surface area contributed by atoms with Crippen LogP contribution >= 0.6 is 11.8 Å². The second-order valence-electron chi connectivity index (χ2n) is 5.55. The predicted octanol–water partition coefficient (Wildman–Crippen LogP) is 3.97. The summed E-state index contributed by atoms with van der Waals surface area (Å²) in [5.74, 6) is 0.191. The third-order valence-electron chi connectivity index (χ3n) is 4.08. The van der Waals surface area contributed by atoms with E-state index in [1.165, 1.54) is 23.6 Å². The number of benzene rings is 1. The molecule has 2 aromatic rings. The number of rotatable bonds is 2. The lowest BCUT2D eigenvalue weighted by atomic mass is 10.0. The minimum absolute atomic E-state index is 0.191. The van der Waals surface area contributed by atoms with Crippen molar-refractivity contribution in [1.29, 1.82) is 10.5 Å². The van der Waals surface area contributed by atoms with Gasteiger partial charge in [-0.25, -0.2) is 4.98 Å². The molecule has 1 atom stereocenters. The molecule has 114 valence electrons. The lowest BCUT2D eigenvalue weighted by molar-refractivity contribution is 0.703. The summed E-state index contributed by atoms with van der Waals surface area (Å²) in [6.45, 7) is 0. The number of fused-ring (bicyclic) bond motifs is 1. The smallest absolute Gasteiger partial charge is 0.142 e. The van der Waals surface area contributed by atoms with Gasteiger partial charge in [0.15, 0.2) is 0 Å². The van der Waals surface area contributed by atoms with Crippen LogP contribution in [-0.2, 0) is 6.42 Å². The first kappa shape index (κ1) is 15.4. The summed E-state index contributed by atoms with van der Waals surface area (Å²) < 4.78 is 0. The summed E-state index contributed by atoms with van der Waals surface area (Å²) in [7, 11) is 0. The monoisotopic (exact) mass is 320 g/mol. The molecule has 5 heteroatoms. The van der Waals surface area contributed by atoms with E-state index in [9.17, 15) is 5.26 Å². The summed E-state index contributed by atoms with van der Waals surface area (Å²) in [4.78, 5) is 4.31. The number of nitrogens with two attached hydrogens (primary N) is 1. The molecule has 0 unspecified atom stereocenters. The van der Waals surface area contributed by atoms with Gasteiger partial charge in [-0.3, -0.25) is 0 Å². The molecule has 0 amide bonds. The molecule has 0 bridgehead atoms. The van der Waals surface area contributed by atoms with E-state index in [4.69, 9.17) is 11.0 Å². The molecule has 2 N–H and O–H groups in total. The molecule has 3 rings (SSSR count). The molecule has 1 heterocycles. The highest BCUT2D eigenvalue weighted by atomic mass is 32.2. The summed E-state index contributed by atoms with van der Waals surface area (Å²) in [5.41, 5.74) is 9.21. The van der Waals surface area contributed by atoms with E-state index in [2.05, 4.69) is 35.3 Å². The standard InChI is InChI=1S/C18H16N4S/c19-10-13-9-14(11-20)18(22-17(13)21)23-16-8-4-2-6-12-5-1-3-7-15(12)16/h1,3,5,7,9,16H,2,4,6,8H2,(H2,21,22)/t16-/m0/s1. The highest BCUT2D eigenvalue weighted by molar-refractivity contribution is 7.99. The Bertz CT molecular complexity index is 817. The number of nitriles is 2. The maximum Gasteiger partial charge on any atom is 0.142 e. The largest absolute Gasteiger partial charge is 0.383 e. The van der Waals surface area contributed by atoms with Crippen LogP contribution < -0.4 is 5.73 Å². The molecular formula is C18H16N4S. The fourth-order valence-corrected chi connectivity index (χ4v) is 4.20. The van der Waals surface area contributed by atoms with Crippen LogP contribution in [0.3, 0.4) is 0 Å². The molecule has 23 heavy (non-hydrogen) atoms. The van der Waals surface area contributed by atoms with E-state index in [0.717, 1.165) is 19.3 Å². The Hall–Kier alpha value is -2.50. The molecule has 0 spiro atoms. The van der Waals surface area contributed by atoms with Crippen molar-refractivity contribution in [1.82, 2.24) is 4.98 Å². The van der Waals surface area contributed by atoms with Crippen LogP contribution in [0.1, 0.15) is 46.8 Å². The summed E-state index contributed by atoms with van der Waals surface area (Å²) in [6, 6.07) is 14.1. The Morgan fingerprint density at radius 2 is 1.91 bits per heavy atom. The number of nitrogens with zero attached hydrogens (tertiary/aromatic N) is 3. The number of anilines is 1. The van der Waals surface area contributed by atoms with E-state index >= 15 is 0 Å². The first-order valence-corrected chi connectivity index (χ1v) is 8.46. The van der Waals surface area contributed by atoms with E-state index in [1.807, 2.05) is 6.07 Å². The Balaban J connectivity index is 1.98. The van der Waals surface area contributed by atoms with Gasteiger partial charge >= 0.3 is 0 Å². The zero-order chi connectivity index (χ0) is 16.2. The average molecular weight is 320 g/mol. The molecular weight excluding hydrogens is 304 g/mol. The zero-order valence-corrected chi connectivity index (χ0v) is 13.4. The molecule has 0 saturated heterocycles. The van der Waals surface area contributed by atoms with Crippen molar-refractivity contribution in [2.24, 2.45) is 0 Å². The van der Waals surface area contributed by atoms with Crippen molar-refractivity contribution in [3.05, 3.63) is 52.6 Å². The minimum atomic E-state index is 0.191. The van der Waals surface area contributed by atoms with E-state index in [-0.39, 0.29) is 16.6 Å². The van der Waals surface area contributed by atoms with Crippen LogP contribution in [0.15, 0.2) is 35.4 Å². The number of aromatic nitrogens is 1. The van der Waals surface area contributed by atoms with Gasteiger partial charge in [-0.1, -0.05) is 42.4 Å². The van der Waals surface area contributed by atoms with Crippen molar-refractivity contribution >= 4 is 17.6 Å². The van der Waals surface area contributed by atoms with Gasteiger partial charge in [-0.05, 0) is 36.5 Å². The quantitative estimate of drug-likeness (QED) is 0.846. The van der Waals surface area contributed by atoms with E-state index in [1.54, 1.807) is 11.8 Å². The highest BCUT2D eigenvalue weighted by Gasteiger charge is 2.22. The summed E-state index contributed by atoms with van der Waals surface area (Å²) in [6.07, 6.45) is 4.48. The lowest BCUT2D eigenvalue weighted by Gasteiger charge is -2.17. The van der Waals surface area contributed by atoms with Crippen LogP contribution in [0.5, 0.6) is 0 Å². The Labute approximate surface area is 140 Å². The first-order chi connectivity index (χ1) is 11.2. The second kappa shape index (κ2) is 6.73. The number of pyridine rings is 1. The summed E-state index contributed by atoms with van der Waals surface area (Å²) in [5, 5.41) is 19.3. The van der Waals surface area contributed by atoms with Crippen LogP contribution in [0.2, 0.25) is 0 Å². The third kappa shape index (κ3) is 3.16. The van der Waals surface area contributed by atoms with Gasteiger partial charge < -0.3 is 5.73 Å². The SMILES string of the molecule is N#Cc1cc(C#N)c(S[C@H]2CCCCc3ccccc32)nc1N. The van der Waals surface area contributed by atoms with E-state index < -0.39 is 0 Å². The Morgan fingerprint density at radius 1 is 1.13 bits per heavy atom. The predicted molar refractivity (Wildman–Crippen MR) is 90.7 cm³/mol. The molecule has 0 radical (unpaired) electrons. The van der Waals surface area contributed by atoms with Crippen molar-refractivity contribution in [2.75, 3.05) is 5.73 Å². The molecule has 1 aliphatic rings. The molecule has 4 nitrogen and oxygen atoms in total. The van der Waals surface area contributed by atoms with Gasteiger partial charge in [-0.15, -0.1) is 0 Å². The molecule has 1 aromatic carbocycles. The van der Waals surface area contributed by atoms with Crippen LogP contribution in [0, 0.1) is 22.7 Å². The molecule has 0 saturated carbocycles. The zero-order valence-electron chi connectivity index (χ0n) is 12.6. The van der Waals surface area contributed by atoms with Crippen molar-refractivity contribution in [3.8, 4) is 12.1 Å². The van der Waals surface area contributed by atoms with Crippen molar-refractivity contribution in [2.45, 2.75) is 36.0 Å². The minimum Gasteiger partial charge on any atom is -0.383 e. The number of aryl methyl sites for hydroxylation is 1. The van der Waals surface area contributed by atoms with Crippen molar-refractivity contribution < 1.29 is 0 Å². The maximum atomic E-state index is 9.36. The topological polar surface area (TPSA) is 86.5 Å². The number of thioether (sulfide) groups is 1. The van der Waals surface area contributed by atoms with Crippen LogP contribution in [-0.4, -0.2) is 4.98 Å². The van der Waals surface area contributed by atoms with Gasteiger partial charge in [0.25, 0.3) is 0 Å². The highest BCUT2D eigenvalue weighted by Crippen LogP contribution is 2.43. The molecule has 1 aromatic heterocycles. The van der Waals surface area contributed by atoms with Crippen molar-refractivity contribution in [3.63, 3.8) is 0 Å². The fourth-order valence-electron chi connectivity index (χ4n) is 2.90. The number of hydrogen-bond donors (Lipinski definition) is 1. The molecule has 0 aliphatic heterocycles. The Morgan fingerprint density at radius 3 is 2.70 bits per heavy atom. The van der Waals surface area contributed by atoms with Gasteiger partial charge in [0, 0.05) is 5.25 Å². The van der Waals surface area contributed by atoms with Gasteiger partial charge in [-0.2, -0.15) is 10.5 Å². The van der Waals surface area contributed by atoms with Gasteiger partial charge in [0.1, 0.15) is 23.0 Å². The number of hydrogen-bond acceptors (Lipinski definition) is 5. The lowest BCUT2D eigenvalue weighted by Crippen LogP contribution is -2.02. The Kier molecular flexibility index (Phi) is 4.50. The second-order valence-corrected chi connectivity index (χ2v) is 6.74. The number of nitrogen functional groups attached to an aromatic ring is 1. The average Bonchev–Trinajstić information content (AvgIpc) is 2.78. The van der Waals surface area contributed by atoms with Crippen LogP contribution in [0.25, 0.3) is 0 Å². The van der Waals surface area contributed by atoms with E-state index in [0.29, 0.717) is 10.6 Å². The first-order valence-electron chi connectivity index (χ1n) is 7.58. The molecule has 0 fully saturated rings. The fraction of sp³-hybridized carbons (Fsp3) is 0.278. The third-order valence-corrected chi connectivity index (χ3v) is 5.38. The van der Waals surface area contributed by atoms with Gasteiger partial charge in [0.2, 0.25) is 0 Å². The van der Waals surface area contributed by atoms with Gasteiger partial charge in [0.05, 0.1) is 11.1 Å².